The maximum absolute atomic E-state index is 5.77. The van der Waals surface area contributed by atoms with Crippen molar-refractivity contribution in [2.24, 2.45) is 0 Å². The van der Waals surface area contributed by atoms with Gasteiger partial charge in [-0.1, -0.05) is 15.9 Å². The second kappa shape index (κ2) is 5.72. The van der Waals surface area contributed by atoms with Gasteiger partial charge in [-0.25, -0.2) is 4.98 Å². The van der Waals surface area contributed by atoms with E-state index in [4.69, 9.17) is 16.3 Å². The van der Waals surface area contributed by atoms with Crippen LogP contribution in [0.15, 0.2) is 34.9 Å². The van der Waals surface area contributed by atoms with E-state index < -0.39 is 0 Å². The topological polar surface area (TPSA) is 22.1 Å². The number of alkyl halides is 1. The van der Waals surface area contributed by atoms with Crippen LogP contribution in [0.25, 0.3) is 0 Å². The van der Waals surface area contributed by atoms with Crippen molar-refractivity contribution in [3.05, 3.63) is 51.6 Å². The third-order valence-corrected chi connectivity index (χ3v) is 3.78. The Morgan fingerprint density at radius 2 is 2.00 bits per heavy atom. The van der Waals surface area contributed by atoms with E-state index in [1.54, 1.807) is 6.20 Å². The number of aryl methyl sites for hydroxylation is 2. The van der Waals surface area contributed by atoms with E-state index >= 15 is 0 Å². The van der Waals surface area contributed by atoms with E-state index in [1.807, 2.05) is 38.1 Å². The first-order valence-corrected chi connectivity index (χ1v) is 6.88. The van der Waals surface area contributed by atoms with Crippen molar-refractivity contribution in [1.29, 1.82) is 0 Å². The first-order chi connectivity index (χ1) is 8.60. The predicted octanol–water partition coefficient (Wildman–Crippen LogP) is 4.99. The van der Waals surface area contributed by atoms with Crippen LogP contribution >= 0.6 is 27.5 Å². The first-order valence-electron chi connectivity index (χ1n) is 5.55. The second-order valence-electron chi connectivity index (χ2n) is 4.11. The van der Waals surface area contributed by atoms with E-state index in [-0.39, 0.29) is 0 Å². The SMILES string of the molecule is Cc1cc(Oc2ncc(CCl)cc2C)ccc1Br. The summed E-state index contributed by atoms with van der Waals surface area (Å²) in [6.45, 7) is 3.98. The molecular formula is C14H13BrClNO. The molecule has 18 heavy (non-hydrogen) atoms. The van der Waals surface area contributed by atoms with E-state index in [0.717, 1.165) is 26.9 Å². The minimum absolute atomic E-state index is 0.464. The molecule has 0 aliphatic rings. The van der Waals surface area contributed by atoms with Gasteiger partial charge in [0, 0.05) is 22.1 Å². The van der Waals surface area contributed by atoms with Crippen molar-refractivity contribution < 1.29 is 4.74 Å². The number of ether oxygens (including phenoxy) is 1. The molecule has 4 heteroatoms. The van der Waals surface area contributed by atoms with Crippen LogP contribution in [0.3, 0.4) is 0 Å². The molecule has 0 saturated carbocycles. The highest BCUT2D eigenvalue weighted by Crippen LogP contribution is 2.27. The molecular weight excluding hydrogens is 314 g/mol. The molecule has 2 nitrogen and oxygen atoms in total. The fraction of sp³-hybridized carbons (Fsp3) is 0.214. The molecule has 1 heterocycles. The molecule has 0 unspecified atom stereocenters. The van der Waals surface area contributed by atoms with E-state index in [1.165, 1.54) is 0 Å². The van der Waals surface area contributed by atoms with Crippen molar-refractivity contribution in [3.8, 4) is 11.6 Å². The van der Waals surface area contributed by atoms with Crippen LogP contribution in [-0.2, 0) is 5.88 Å². The Morgan fingerprint density at radius 3 is 2.61 bits per heavy atom. The van der Waals surface area contributed by atoms with Gasteiger partial charge >= 0.3 is 0 Å². The van der Waals surface area contributed by atoms with Gasteiger partial charge in [-0.3, -0.25) is 0 Å². The maximum Gasteiger partial charge on any atom is 0.222 e. The highest BCUT2D eigenvalue weighted by atomic mass is 79.9. The van der Waals surface area contributed by atoms with Crippen molar-refractivity contribution in [3.63, 3.8) is 0 Å². The highest BCUT2D eigenvalue weighted by molar-refractivity contribution is 9.10. The minimum atomic E-state index is 0.464. The Bertz CT molecular complexity index is 572. The van der Waals surface area contributed by atoms with Gasteiger partial charge < -0.3 is 4.74 Å². The molecule has 0 aliphatic carbocycles. The van der Waals surface area contributed by atoms with Crippen molar-refractivity contribution in [1.82, 2.24) is 4.98 Å². The molecule has 0 spiro atoms. The third kappa shape index (κ3) is 3.03. The monoisotopic (exact) mass is 325 g/mol. The average Bonchev–Trinajstić information content (AvgIpc) is 2.36. The number of aromatic nitrogens is 1. The summed E-state index contributed by atoms with van der Waals surface area (Å²) in [5.74, 6) is 1.86. The van der Waals surface area contributed by atoms with Crippen molar-refractivity contribution in [2.45, 2.75) is 19.7 Å². The lowest BCUT2D eigenvalue weighted by Crippen LogP contribution is -1.93. The average molecular weight is 327 g/mol. The molecule has 0 atom stereocenters. The summed E-state index contributed by atoms with van der Waals surface area (Å²) < 4.78 is 6.84. The van der Waals surface area contributed by atoms with Gasteiger partial charge in [-0.05, 0) is 49.2 Å². The Morgan fingerprint density at radius 1 is 1.22 bits per heavy atom. The van der Waals surface area contributed by atoms with Crippen LogP contribution in [0.1, 0.15) is 16.7 Å². The van der Waals surface area contributed by atoms with Gasteiger partial charge in [0.25, 0.3) is 0 Å². The van der Waals surface area contributed by atoms with Crippen LogP contribution in [0.5, 0.6) is 11.6 Å². The number of benzene rings is 1. The standard InChI is InChI=1S/C14H13BrClNO/c1-9-6-12(3-4-13(9)15)18-14-10(2)5-11(7-16)8-17-14/h3-6,8H,7H2,1-2H3. The Labute approximate surface area is 120 Å². The van der Waals surface area contributed by atoms with Crippen LogP contribution < -0.4 is 4.74 Å². The fourth-order valence-electron chi connectivity index (χ4n) is 1.59. The van der Waals surface area contributed by atoms with Gasteiger partial charge in [-0.2, -0.15) is 0 Å². The molecule has 0 saturated heterocycles. The number of hydrogen-bond donors (Lipinski definition) is 0. The van der Waals surface area contributed by atoms with Gasteiger partial charge in [0.15, 0.2) is 0 Å². The van der Waals surface area contributed by atoms with Gasteiger partial charge in [0.05, 0.1) is 0 Å². The molecule has 2 aromatic rings. The quantitative estimate of drug-likeness (QED) is 0.741. The number of halogens is 2. The Hall–Kier alpha value is -1.06. The largest absolute Gasteiger partial charge is 0.439 e. The van der Waals surface area contributed by atoms with Crippen LogP contribution in [-0.4, -0.2) is 4.98 Å². The van der Waals surface area contributed by atoms with Crippen molar-refractivity contribution in [2.75, 3.05) is 0 Å². The molecule has 2 rings (SSSR count). The summed E-state index contributed by atoms with van der Waals surface area (Å²) in [4.78, 5) is 4.28. The number of rotatable bonds is 3. The van der Waals surface area contributed by atoms with Gasteiger partial charge in [-0.15, -0.1) is 11.6 Å². The number of pyridine rings is 1. The molecule has 0 N–H and O–H groups in total. The molecule has 94 valence electrons. The van der Waals surface area contributed by atoms with Gasteiger partial charge in [0.2, 0.25) is 5.88 Å². The number of nitrogens with zero attached hydrogens (tertiary/aromatic N) is 1. The van der Waals surface area contributed by atoms with Crippen LogP contribution in [0, 0.1) is 13.8 Å². The normalized spacial score (nSPS) is 10.4. The molecule has 0 fully saturated rings. The van der Waals surface area contributed by atoms with E-state index in [9.17, 15) is 0 Å². The summed E-state index contributed by atoms with van der Waals surface area (Å²) in [7, 11) is 0. The van der Waals surface area contributed by atoms with E-state index in [2.05, 4.69) is 20.9 Å². The Kier molecular flexibility index (Phi) is 4.25. The van der Waals surface area contributed by atoms with Gasteiger partial charge in [0.1, 0.15) is 5.75 Å². The van der Waals surface area contributed by atoms with Crippen LogP contribution in [0.2, 0.25) is 0 Å². The summed E-state index contributed by atoms with van der Waals surface area (Å²) in [5, 5.41) is 0. The molecule has 1 aromatic heterocycles. The molecule has 0 amide bonds. The molecule has 0 bridgehead atoms. The zero-order valence-electron chi connectivity index (χ0n) is 10.2. The summed E-state index contributed by atoms with van der Waals surface area (Å²) in [5.41, 5.74) is 3.10. The maximum atomic E-state index is 5.77. The van der Waals surface area contributed by atoms with E-state index in [0.29, 0.717) is 11.8 Å². The molecule has 1 aromatic carbocycles. The predicted molar refractivity (Wildman–Crippen MR) is 77.5 cm³/mol. The smallest absolute Gasteiger partial charge is 0.222 e. The van der Waals surface area contributed by atoms with Crippen molar-refractivity contribution >= 4 is 27.5 Å². The lowest BCUT2D eigenvalue weighted by atomic mass is 10.2. The summed E-state index contributed by atoms with van der Waals surface area (Å²) in [6, 6.07) is 7.84. The first kappa shape index (κ1) is 13.4. The lowest BCUT2D eigenvalue weighted by molar-refractivity contribution is 0.458. The Balaban J connectivity index is 2.25. The molecule has 0 aliphatic heterocycles. The zero-order valence-corrected chi connectivity index (χ0v) is 12.5. The summed E-state index contributed by atoms with van der Waals surface area (Å²) in [6.07, 6.45) is 1.74. The fourth-order valence-corrected chi connectivity index (χ4v) is 1.99. The lowest BCUT2D eigenvalue weighted by Gasteiger charge is -2.09. The summed E-state index contributed by atoms with van der Waals surface area (Å²) >= 11 is 9.23. The number of hydrogen-bond acceptors (Lipinski definition) is 2. The second-order valence-corrected chi connectivity index (χ2v) is 5.23. The van der Waals surface area contributed by atoms with Crippen LogP contribution in [0.4, 0.5) is 0 Å². The highest BCUT2D eigenvalue weighted by Gasteiger charge is 2.05. The minimum Gasteiger partial charge on any atom is -0.439 e. The zero-order chi connectivity index (χ0) is 13.1. The third-order valence-electron chi connectivity index (χ3n) is 2.59. The molecule has 0 radical (unpaired) electrons.